The Morgan fingerprint density at radius 1 is 1.38 bits per heavy atom. The number of piperidine rings is 1. The lowest BCUT2D eigenvalue weighted by Crippen LogP contribution is -2.32. The molecule has 0 spiro atoms. The zero-order chi connectivity index (χ0) is 18.4. The number of amides is 1. The van der Waals surface area contributed by atoms with Gasteiger partial charge in [0, 0.05) is 19.3 Å². The van der Waals surface area contributed by atoms with E-state index in [1.165, 1.54) is 7.11 Å². The highest BCUT2D eigenvalue weighted by Crippen LogP contribution is 2.15. The van der Waals surface area contributed by atoms with Gasteiger partial charge in [-0.05, 0) is 49.6 Å². The molecule has 3 rings (SSSR count). The summed E-state index contributed by atoms with van der Waals surface area (Å²) in [6.07, 6.45) is 4.69. The summed E-state index contributed by atoms with van der Waals surface area (Å²) in [4.78, 5) is 23.8. The molecular weight excluding hydrogens is 332 g/mol. The first-order chi connectivity index (χ1) is 12.7. The van der Waals surface area contributed by atoms with E-state index in [1.807, 2.05) is 23.0 Å². The van der Waals surface area contributed by atoms with Crippen LogP contribution >= 0.6 is 0 Å². The van der Waals surface area contributed by atoms with Gasteiger partial charge in [0.1, 0.15) is 5.69 Å². The molecule has 7 nitrogen and oxygen atoms in total. The summed E-state index contributed by atoms with van der Waals surface area (Å²) in [6.45, 7) is 2.41. The Morgan fingerprint density at radius 3 is 3.04 bits per heavy atom. The van der Waals surface area contributed by atoms with Gasteiger partial charge >= 0.3 is 5.97 Å². The quantitative estimate of drug-likeness (QED) is 0.768. The molecule has 1 aromatic carbocycles. The second-order valence-electron chi connectivity index (χ2n) is 6.38. The van der Waals surface area contributed by atoms with Gasteiger partial charge in [0.2, 0.25) is 0 Å². The second-order valence-corrected chi connectivity index (χ2v) is 6.38. The Bertz CT molecular complexity index is 766. The minimum absolute atomic E-state index is 0.184. The fourth-order valence-corrected chi connectivity index (χ4v) is 3.10. The summed E-state index contributed by atoms with van der Waals surface area (Å²) in [7, 11) is 1.36. The first-order valence-corrected chi connectivity index (χ1v) is 8.88. The van der Waals surface area contributed by atoms with Gasteiger partial charge in [-0.3, -0.25) is 9.48 Å². The van der Waals surface area contributed by atoms with Crippen LogP contribution in [0.5, 0.6) is 0 Å². The topological polar surface area (TPSA) is 85.2 Å². The number of ether oxygens (including phenoxy) is 1. The molecule has 138 valence electrons. The van der Waals surface area contributed by atoms with Crippen molar-refractivity contribution in [3.63, 3.8) is 0 Å². The monoisotopic (exact) mass is 356 g/mol. The fourth-order valence-electron chi connectivity index (χ4n) is 3.10. The molecule has 2 N–H and O–H groups in total. The van der Waals surface area contributed by atoms with Gasteiger partial charge in [-0.2, -0.15) is 5.10 Å². The second kappa shape index (κ2) is 8.62. The molecule has 0 saturated carbocycles. The van der Waals surface area contributed by atoms with Gasteiger partial charge in [0.25, 0.3) is 5.91 Å². The van der Waals surface area contributed by atoms with Gasteiger partial charge in [0.15, 0.2) is 0 Å². The van der Waals surface area contributed by atoms with Crippen molar-refractivity contribution in [1.82, 2.24) is 20.4 Å². The molecule has 0 aliphatic carbocycles. The van der Waals surface area contributed by atoms with Crippen molar-refractivity contribution in [2.75, 3.05) is 26.7 Å². The van der Waals surface area contributed by atoms with Crippen molar-refractivity contribution in [1.29, 1.82) is 0 Å². The third-order valence-corrected chi connectivity index (χ3v) is 4.53. The Kier molecular flexibility index (Phi) is 6.01. The molecule has 1 unspecified atom stereocenters. The smallest absolute Gasteiger partial charge is 0.337 e. The van der Waals surface area contributed by atoms with Crippen LogP contribution in [0.4, 0.5) is 0 Å². The Morgan fingerprint density at radius 2 is 2.27 bits per heavy atom. The van der Waals surface area contributed by atoms with E-state index in [0.717, 1.165) is 31.5 Å². The van der Waals surface area contributed by atoms with Gasteiger partial charge in [-0.1, -0.05) is 12.1 Å². The summed E-state index contributed by atoms with van der Waals surface area (Å²) in [5.74, 6) is -0.546. The maximum atomic E-state index is 12.3. The number of hydrogen-bond donors (Lipinski definition) is 2. The van der Waals surface area contributed by atoms with Gasteiger partial charge in [0.05, 0.1) is 18.7 Å². The molecule has 1 aliphatic rings. The maximum absolute atomic E-state index is 12.3. The molecule has 2 aromatic rings. The first kappa shape index (κ1) is 18.1. The number of benzene rings is 1. The van der Waals surface area contributed by atoms with Crippen molar-refractivity contribution >= 4 is 11.9 Å². The number of nitrogens with zero attached hydrogens (tertiary/aromatic N) is 2. The van der Waals surface area contributed by atoms with Gasteiger partial charge < -0.3 is 15.4 Å². The molecule has 0 bridgehead atoms. The number of aromatic nitrogens is 2. The van der Waals surface area contributed by atoms with Crippen LogP contribution in [0.1, 0.15) is 45.3 Å². The molecule has 1 amide bonds. The molecule has 1 saturated heterocycles. The van der Waals surface area contributed by atoms with E-state index in [1.54, 1.807) is 18.2 Å². The van der Waals surface area contributed by atoms with Crippen molar-refractivity contribution in [2.45, 2.75) is 25.3 Å². The van der Waals surface area contributed by atoms with Gasteiger partial charge in [-0.25, -0.2) is 4.79 Å². The Balaban J connectivity index is 1.51. The number of nitrogens with one attached hydrogen (secondary N) is 2. The molecule has 1 aromatic heterocycles. The van der Waals surface area contributed by atoms with Crippen LogP contribution in [0.25, 0.3) is 0 Å². The molecular formula is C19H24N4O3. The summed E-state index contributed by atoms with van der Waals surface area (Å²) in [5, 5.41) is 10.6. The highest BCUT2D eigenvalue weighted by Gasteiger charge is 2.17. The normalized spacial score (nSPS) is 16.9. The van der Waals surface area contributed by atoms with Crippen molar-refractivity contribution < 1.29 is 14.3 Å². The van der Waals surface area contributed by atoms with Crippen LogP contribution in [0.3, 0.4) is 0 Å². The molecule has 2 heterocycles. The van der Waals surface area contributed by atoms with E-state index in [9.17, 15) is 9.59 Å². The Hall–Kier alpha value is -2.67. The summed E-state index contributed by atoms with van der Waals surface area (Å²) in [5.41, 5.74) is 1.90. The van der Waals surface area contributed by atoms with Crippen LogP contribution in [-0.2, 0) is 11.2 Å². The molecule has 1 aliphatic heterocycles. The minimum atomic E-state index is -0.362. The lowest BCUT2D eigenvalue weighted by molar-refractivity contribution is 0.0600. The lowest BCUT2D eigenvalue weighted by atomic mass is 10.1. The fraction of sp³-hybridized carbons (Fsp3) is 0.421. The van der Waals surface area contributed by atoms with Crippen LogP contribution in [0.15, 0.2) is 36.5 Å². The molecule has 0 radical (unpaired) electrons. The maximum Gasteiger partial charge on any atom is 0.337 e. The third kappa shape index (κ3) is 4.49. The van der Waals surface area contributed by atoms with Gasteiger partial charge in [-0.15, -0.1) is 0 Å². The third-order valence-electron chi connectivity index (χ3n) is 4.53. The molecule has 1 atom stereocenters. The average Bonchev–Trinajstić information content (AvgIpc) is 3.18. The van der Waals surface area contributed by atoms with Crippen LogP contribution in [-0.4, -0.2) is 48.4 Å². The van der Waals surface area contributed by atoms with Crippen LogP contribution in [0, 0.1) is 0 Å². The largest absolute Gasteiger partial charge is 0.465 e. The zero-order valence-electron chi connectivity index (χ0n) is 14.9. The minimum Gasteiger partial charge on any atom is -0.465 e. The van der Waals surface area contributed by atoms with E-state index in [4.69, 9.17) is 4.74 Å². The van der Waals surface area contributed by atoms with E-state index in [0.29, 0.717) is 30.3 Å². The first-order valence-electron chi connectivity index (χ1n) is 8.88. The van der Waals surface area contributed by atoms with Crippen LogP contribution in [0.2, 0.25) is 0 Å². The molecule has 7 heteroatoms. The van der Waals surface area contributed by atoms with E-state index in [-0.39, 0.29) is 11.9 Å². The molecule has 26 heavy (non-hydrogen) atoms. The van der Waals surface area contributed by atoms with Crippen molar-refractivity contribution in [3.05, 3.63) is 53.3 Å². The number of esters is 1. The predicted octanol–water partition coefficient (Wildman–Crippen LogP) is 1.57. The Labute approximate surface area is 152 Å². The highest BCUT2D eigenvalue weighted by molar-refractivity contribution is 5.92. The number of carbonyl (C=O) groups excluding carboxylic acids is 2. The summed E-state index contributed by atoms with van der Waals surface area (Å²) in [6, 6.07) is 9.28. The van der Waals surface area contributed by atoms with Crippen molar-refractivity contribution in [2.24, 2.45) is 0 Å². The zero-order valence-corrected chi connectivity index (χ0v) is 14.9. The molecule has 1 fully saturated rings. The summed E-state index contributed by atoms with van der Waals surface area (Å²) < 4.78 is 6.60. The lowest BCUT2D eigenvalue weighted by Gasteiger charge is -2.22. The predicted molar refractivity (Wildman–Crippen MR) is 97.2 cm³/mol. The van der Waals surface area contributed by atoms with E-state index < -0.39 is 0 Å². The van der Waals surface area contributed by atoms with E-state index in [2.05, 4.69) is 15.7 Å². The standard InChI is InChI=1S/C19H24N4O3/c1-26-19(25)15-5-2-4-14(12-15)7-10-21-18(24)17-8-11-23(22-17)16-6-3-9-20-13-16/h2,4-5,8,11-12,16,20H,3,6-7,9-10,13H2,1H3,(H,21,24). The highest BCUT2D eigenvalue weighted by atomic mass is 16.5. The van der Waals surface area contributed by atoms with Crippen molar-refractivity contribution in [3.8, 4) is 0 Å². The number of carbonyl (C=O) groups is 2. The van der Waals surface area contributed by atoms with Crippen LogP contribution < -0.4 is 10.6 Å². The number of rotatable bonds is 6. The number of methoxy groups -OCH3 is 1. The summed E-state index contributed by atoms with van der Waals surface area (Å²) >= 11 is 0. The van der Waals surface area contributed by atoms with E-state index >= 15 is 0 Å². The number of hydrogen-bond acceptors (Lipinski definition) is 5. The average molecular weight is 356 g/mol. The SMILES string of the molecule is COC(=O)c1cccc(CCNC(=O)c2ccn(C3CCCNC3)n2)c1.